The van der Waals surface area contributed by atoms with Crippen molar-refractivity contribution < 1.29 is 4.74 Å². The predicted molar refractivity (Wildman–Crippen MR) is 75.1 cm³/mol. The van der Waals surface area contributed by atoms with E-state index < -0.39 is 0 Å². The Hall–Kier alpha value is -2.27. The number of rotatable bonds is 3. The zero-order valence-electron chi connectivity index (χ0n) is 10.3. The van der Waals surface area contributed by atoms with Crippen LogP contribution in [0.2, 0.25) is 0 Å². The number of nitrogens with zero attached hydrogens (tertiary/aromatic N) is 3. The molecule has 2 aromatic heterocycles. The molecular formula is C14H11N3OS. The second-order valence-electron chi connectivity index (χ2n) is 3.86. The fraction of sp³-hybridized carbons (Fsp3) is 0.0714. The number of ether oxygens (including phenoxy) is 1. The maximum absolute atomic E-state index is 4.99. The Kier molecular flexibility index (Phi) is 3.20. The van der Waals surface area contributed by atoms with E-state index in [2.05, 4.69) is 15.2 Å². The van der Waals surface area contributed by atoms with Gasteiger partial charge in [-0.15, -0.1) is 21.5 Å². The van der Waals surface area contributed by atoms with Gasteiger partial charge in [0, 0.05) is 17.0 Å². The summed E-state index contributed by atoms with van der Waals surface area (Å²) >= 11 is 1.56. The Bertz CT molecular complexity index is 665. The highest BCUT2D eigenvalue weighted by atomic mass is 32.1. The van der Waals surface area contributed by atoms with Crippen molar-refractivity contribution in [1.29, 1.82) is 0 Å². The number of aromatic nitrogens is 3. The lowest BCUT2D eigenvalue weighted by atomic mass is 10.2. The van der Waals surface area contributed by atoms with E-state index >= 15 is 0 Å². The Labute approximate surface area is 114 Å². The van der Waals surface area contributed by atoms with E-state index in [1.807, 2.05) is 41.8 Å². The SMILES string of the molecule is COc1ccc(-c2nc(-c3ccccc3)cs2)nn1. The van der Waals surface area contributed by atoms with Gasteiger partial charge in [-0.25, -0.2) is 4.98 Å². The first-order valence-electron chi connectivity index (χ1n) is 5.76. The lowest BCUT2D eigenvalue weighted by Crippen LogP contribution is -1.91. The van der Waals surface area contributed by atoms with Gasteiger partial charge in [0.25, 0.3) is 0 Å². The summed E-state index contributed by atoms with van der Waals surface area (Å²) in [7, 11) is 1.57. The molecule has 0 fully saturated rings. The summed E-state index contributed by atoms with van der Waals surface area (Å²) < 4.78 is 4.99. The topological polar surface area (TPSA) is 47.9 Å². The second kappa shape index (κ2) is 5.16. The lowest BCUT2D eigenvalue weighted by Gasteiger charge is -1.98. The lowest BCUT2D eigenvalue weighted by molar-refractivity contribution is 0.392. The van der Waals surface area contributed by atoms with E-state index in [4.69, 9.17) is 4.74 Å². The average molecular weight is 269 g/mol. The van der Waals surface area contributed by atoms with Gasteiger partial charge in [0.1, 0.15) is 10.7 Å². The molecule has 0 unspecified atom stereocenters. The summed E-state index contributed by atoms with van der Waals surface area (Å²) in [6, 6.07) is 13.7. The molecule has 94 valence electrons. The quantitative estimate of drug-likeness (QED) is 0.732. The molecule has 2 heterocycles. The molecule has 0 atom stereocenters. The van der Waals surface area contributed by atoms with Crippen molar-refractivity contribution in [2.24, 2.45) is 0 Å². The molecule has 0 aliphatic carbocycles. The molecule has 0 aliphatic rings. The highest BCUT2D eigenvalue weighted by Gasteiger charge is 2.08. The molecule has 0 saturated heterocycles. The number of hydrogen-bond acceptors (Lipinski definition) is 5. The van der Waals surface area contributed by atoms with Crippen LogP contribution in [0.4, 0.5) is 0 Å². The van der Waals surface area contributed by atoms with Gasteiger partial charge in [-0.05, 0) is 6.07 Å². The van der Waals surface area contributed by atoms with Crippen molar-refractivity contribution >= 4 is 11.3 Å². The molecule has 1 aromatic carbocycles. The van der Waals surface area contributed by atoms with Crippen LogP contribution in [-0.2, 0) is 0 Å². The fourth-order valence-corrected chi connectivity index (χ4v) is 2.47. The summed E-state index contributed by atoms with van der Waals surface area (Å²) in [6.07, 6.45) is 0. The number of methoxy groups -OCH3 is 1. The zero-order valence-corrected chi connectivity index (χ0v) is 11.1. The van der Waals surface area contributed by atoms with Crippen LogP contribution in [0, 0.1) is 0 Å². The molecule has 0 saturated carbocycles. The minimum absolute atomic E-state index is 0.503. The smallest absolute Gasteiger partial charge is 0.233 e. The van der Waals surface area contributed by atoms with Gasteiger partial charge in [-0.2, -0.15) is 0 Å². The molecule has 3 aromatic rings. The van der Waals surface area contributed by atoms with Gasteiger partial charge in [0.05, 0.1) is 12.8 Å². The van der Waals surface area contributed by atoms with Crippen molar-refractivity contribution in [2.75, 3.05) is 7.11 Å². The minimum Gasteiger partial charge on any atom is -0.480 e. The third kappa shape index (κ3) is 2.46. The van der Waals surface area contributed by atoms with E-state index in [0.29, 0.717) is 5.88 Å². The Morgan fingerprint density at radius 1 is 0.947 bits per heavy atom. The third-order valence-corrected chi connectivity index (χ3v) is 3.51. The van der Waals surface area contributed by atoms with E-state index in [-0.39, 0.29) is 0 Å². The average Bonchev–Trinajstić information content (AvgIpc) is 2.98. The summed E-state index contributed by atoms with van der Waals surface area (Å²) in [4.78, 5) is 4.58. The highest BCUT2D eigenvalue weighted by Crippen LogP contribution is 2.27. The standard InChI is InChI=1S/C14H11N3OS/c1-18-13-8-7-11(16-17-13)14-15-12(9-19-14)10-5-3-2-4-6-10/h2-9H,1H3. The maximum Gasteiger partial charge on any atom is 0.233 e. The molecule has 19 heavy (non-hydrogen) atoms. The molecule has 3 rings (SSSR count). The first-order chi connectivity index (χ1) is 9.36. The van der Waals surface area contributed by atoms with Gasteiger partial charge >= 0.3 is 0 Å². The number of benzene rings is 1. The summed E-state index contributed by atoms with van der Waals surface area (Å²) in [5.41, 5.74) is 2.82. The van der Waals surface area contributed by atoms with Crippen LogP contribution in [-0.4, -0.2) is 22.3 Å². The van der Waals surface area contributed by atoms with Gasteiger partial charge in [0.15, 0.2) is 0 Å². The van der Waals surface area contributed by atoms with Crippen molar-refractivity contribution in [3.63, 3.8) is 0 Å². The van der Waals surface area contributed by atoms with Gasteiger partial charge < -0.3 is 4.74 Å². The minimum atomic E-state index is 0.503. The van der Waals surface area contributed by atoms with Crippen LogP contribution < -0.4 is 4.74 Å². The zero-order chi connectivity index (χ0) is 13.1. The van der Waals surface area contributed by atoms with Crippen LogP contribution in [0.25, 0.3) is 22.0 Å². The van der Waals surface area contributed by atoms with E-state index in [0.717, 1.165) is 22.0 Å². The first-order valence-corrected chi connectivity index (χ1v) is 6.64. The van der Waals surface area contributed by atoms with Crippen molar-refractivity contribution in [3.05, 3.63) is 47.8 Å². The molecular weight excluding hydrogens is 258 g/mol. The van der Waals surface area contributed by atoms with E-state index in [1.165, 1.54) is 0 Å². The number of hydrogen-bond donors (Lipinski definition) is 0. The Morgan fingerprint density at radius 2 is 1.79 bits per heavy atom. The molecule has 0 spiro atoms. The van der Waals surface area contributed by atoms with Crippen LogP contribution in [0.3, 0.4) is 0 Å². The van der Waals surface area contributed by atoms with Crippen molar-refractivity contribution in [2.45, 2.75) is 0 Å². The Morgan fingerprint density at radius 3 is 2.47 bits per heavy atom. The predicted octanol–water partition coefficient (Wildman–Crippen LogP) is 3.28. The number of thiazole rings is 1. The molecule has 0 amide bonds. The maximum atomic E-state index is 4.99. The van der Waals surface area contributed by atoms with Crippen LogP contribution >= 0.6 is 11.3 Å². The van der Waals surface area contributed by atoms with E-state index in [1.54, 1.807) is 24.5 Å². The van der Waals surface area contributed by atoms with Crippen LogP contribution in [0.5, 0.6) is 5.88 Å². The Balaban J connectivity index is 1.92. The largest absolute Gasteiger partial charge is 0.480 e. The summed E-state index contributed by atoms with van der Waals surface area (Å²) in [6.45, 7) is 0. The molecule has 0 N–H and O–H groups in total. The first kappa shape index (κ1) is 11.8. The van der Waals surface area contributed by atoms with Crippen molar-refractivity contribution in [1.82, 2.24) is 15.2 Å². The molecule has 0 aliphatic heterocycles. The normalized spacial score (nSPS) is 10.4. The van der Waals surface area contributed by atoms with Crippen molar-refractivity contribution in [3.8, 4) is 27.8 Å². The molecule has 5 heteroatoms. The van der Waals surface area contributed by atoms with Crippen LogP contribution in [0.1, 0.15) is 0 Å². The molecule has 0 radical (unpaired) electrons. The third-order valence-electron chi connectivity index (χ3n) is 2.64. The fourth-order valence-electron chi connectivity index (χ4n) is 1.68. The summed E-state index contributed by atoms with van der Waals surface area (Å²) in [5.74, 6) is 0.503. The molecule has 4 nitrogen and oxygen atoms in total. The van der Waals surface area contributed by atoms with E-state index in [9.17, 15) is 0 Å². The molecule has 0 bridgehead atoms. The second-order valence-corrected chi connectivity index (χ2v) is 4.72. The van der Waals surface area contributed by atoms with Gasteiger partial charge in [-0.1, -0.05) is 30.3 Å². The highest BCUT2D eigenvalue weighted by molar-refractivity contribution is 7.13. The van der Waals surface area contributed by atoms with Gasteiger partial charge in [0.2, 0.25) is 5.88 Å². The summed E-state index contributed by atoms with van der Waals surface area (Å²) in [5, 5.41) is 10.9. The monoisotopic (exact) mass is 269 g/mol. The van der Waals surface area contributed by atoms with Crippen LogP contribution in [0.15, 0.2) is 47.8 Å². The van der Waals surface area contributed by atoms with Gasteiger partial charge in [-0.3, -0.25) is 0 Å².